The molecule has 3 aromatic rings. The Labute approximate surface area is 185 Å². The van der Waals surface area contributed by atoms with Crippen molar-refractivity contribution in [3.63, 3.8) is 0 Å². The van der Waals surface area contributed by atoms with Crippen molar-refractivity contribution in [3.8, 4) is 5.69 Å². The second-order valence-corrected chi connectivity index (χ2v) is 10.5. The van der Waals surface area contributed by atoms with Crippen molar-refractivity contribution in [2.75, 3.05) is 11.3 Å². The molecule has 2 heterocycles. The third-order valence-electron chi connectivity index (χ3n) is 4.78. The van der Waals surface area contributed by atoms with Gasteiger partial charge in [0.15, 0.2) is 0 Å². The zero-order valence-corrected chi connectivity index (χ0v) is 18.6. The Hall–Kier alpha value is -3.32. The zero-order valence-electron chi connectivity index (χ0n) is 16.9. The Kier molecular flexibility index (Phi) is 6.19. The number of hydrogen-bond acceptors (Lipinski definition) is 8. The minimum atomic E-state index is -3.92. The van der Waals surface area contributed by atoms with Crippen molar-refractivity contribution >= 4 is 31.6 Å². The van der Waals surface area contributed by atoms with Crippen LogP contribution >= 0.6 is 0 Å². The fourth-order valence-corrected chi connectivity index (χ4v) is 5.35. The van der Waals surface area contributed by atoms with Crippen LogP contribution < -0.4 is 9.44 Å². The number of nitrogens with zero attached hydrogens (tertiary/aromatic N) is 5. The molecular formula is C19H21N7O4S2. The van der Waals surface area contributed by atoms with Gasteiger partial charge in [0.1, 0.15) is 12.2 Å². The van der Waals surface area contributed by atoms with Crippen LogP contribution in [0, 0.1) is 0 Å². The van der Waals surface area contributed by atoms with Gasteiger partial charge < -0.3 is 0 Å². The van der Waals surface area contributed by atoms with E-state index in [0.717, 1.165) is 19.3 Å². The van der Waals surface area contributed by atoms with Crippen LogP contribution in [0.15, 0.2) is 69.6 Å². The summed E-state index contributed by atoms with van der Waals surface area (Å²) in [6.07, 6.45) is 4.78. The van der Waals surface area contributed by atoms with Gasteiger partial charge in [0.25, 0.3) is 20.0 Å². The molecule has 32 heavy (non-hydrogen) atoms. The maximum Gasteiger partial charge on any atom is 0.262 e. The molecule has 11 nitrogen and oxygen atoms in total. The summed E-state index contributed by atoms with van der Waals surface area (Å²) in [6.45, 7) is 0.604. The predicted octanol–water partition coefficient (Wildman–Crippen LogP) is 1.71. The van der Waals surface area contributed by atoms with E-state index in [9.17, 15) is 16.8 Å². The van der Waals surface area contributed by atoms with Gasteiger partial charge in [0.2, 0.25) is 0 Å². The normalized spacial score (nSPS) is 14.9. The van der Waals surface area contributed by atoms with E-state index in [1.165, 1.54) is 47.4 Å². The van der Waals surface area contributed by atoms with E-state index in [1.54, 1.807) is 12.1 Å². The molecule has 0 atom stereocenters. The van der Waals surface area contributed by atoms with Gasteiger partial charge in [-0.25, -0.2) is 21.5 Å². The van der Waals surface area contributed by atoms with Crippen molar-refractivity contribution in [2.24, 2.45) is 4.99 Å². The SMILES string of the molecule is O=S(=O)(NC1=NCCCCC1)c1ccc(NS(=O)(=O)c2cccc(-n3cnnn3)c2)cc1. The minimum Gasteiger partial charge on any atom is -0.280 e. The number of anilines is 1. The molecule has 168 valence electrons. The number of tetrazole rings is 1. The van der Waals surface area contributed by atoms with Crippen molar-refractivity contribution in [2.45, 2.75) is 35.5 Å². The Bertz CT molecular complexity index is 1320. The lowest BCUT2D eigenvalue weighted by molar-refractivity contribution is 0.591. The highest BCUT2D eigenvalue weighted by Gasteiger charge is 2.19. The zero-order chi connectivity index (χ0) is 22.6. The molecule has 0 spiro atoms. The van der Waals surface area contributed by atoms with Crippen molar-refractivity contribution in [3.05, 3.63) is 54.9 Å². The molecule has 1 aromatic heterocycles. The number of rotatable bonds is 6. The molecule has 0 fully saturated rings. The van der Waals surface area contributed by atoms with E-state index < -0.39 is 20.0 Å². The summed E-state index contributed by atoms with van der Waals surface area (Å²) >= 11 is 0. The monoisotopic (exact) mass is 475 g/mol. The molecule has 0 radical (unpaired) electrons. The lowest BCUT2D eigenvalue weighted by Crippen LogP contribution is -2.30. The maximum absolute atomic E-state index is 12.8. The maximum atomic E-state index is 12.8. The molecule has 2 aromatic carbocycles. The number of aliphatic imine (C=N–C) groups is 1. The molecule has 0 saturated carbocycles. The lowest BCUT2D eigenvalue weighted by atomic mass is 10.2. The number of sulfonamides is 2. The second-order valence-electron chi connectivity index (χ2n) is 7.13. The van der Waals surface area contributed by atoms with E-state index in [2.05, 4.69) is 30.0 Å². The molecule has 2 N–H and O–H groups in total. The summed E-state index contributed by atoms with van der Waals surface area (Å²) in [7, 11) is -7.72. The van der Waals surface area contributed by atoms with Gasteiger partial charge in [0, 0.05) is 18.7 Å². The first-order valence-corrected chi connectivity index (χ1v) is 12.8. The number of aromatic nitrogens is 4. The molecular weight excluding hydrogens is 454 g/mol. The van der Waals surface area contributed by atoms with E-state index in [0.29, 0.717) is 24.5 Å². The van der Waals surface area contributed by atoms with E-state index in [-0.39, 0.29) is 15.5 Å². The Balaban J connectivity index is 1.49. The largest absolute Gasteiger partial charge is 0.280 e. The van der Waals surface area contributed by atoms with Gasteiger partial charge in [-0.3, -0.25) is 14.4 Å². The summed E-state index contributed by atoms with van der Waals surface area (Å²) in [5, 5.41) is 10.8. The third kappa shape index (κ3) is 5.11. The average Bonchev–Trinajstić information content (AvgIpc) is 3.20. The number of benzene rings is 2. The molecule has 0 bridgehead atoms. The van der Waals surface area contributed by atoms with E-state index in [4.69, 9.17) is 0 Å². The smallest absolute Gasteiger partial charge is 0.262 e. The van der Waals surface area contributed by atoms with Crippen LogP contribution in [0.25, 0.3) is 5.69 Å². The van der Waals surface area contributed by atoms with Crippen LogP contribution in [0.1, 0.15) is 25.7 Å². The molecule has 0 unspecified atom stereocenters. The molecule has 0 amide bonds. The van der Waals surface area contributed by atoms with Gasteiger partial charge in [-0.05, 0) is 65.7 Å². The quantitative estimate of drug-likeness (QED) is 0.551. The minimum absolute atomic E-state index is 0.00948. The van der Waals surface area contributed by atoms with Crippen molar-refractivity contribution in [1.29, 1.82) is 0 Å². The lowest BCUT2D eigenvalue weighted by Gasteiger charge is -2.12. The Morgan fingerprint density at radius 3 is 2.38 bits per heavy atom. The predicted molar refractivity (Wildman–Crippen MR) is 117 cm³/mol. The van der Waals surface area contributed by atoms with Crippen molar-refractivity contribution in [1.82, 2.24) is 24.9 Å². The van der Waals surface area contributed by atoms with Crippen LogP contribution in [0.3, 0.4) is 0 Å². The van der Waals surface area contributed by atoms with Crippen molar-refractivity contribution < 1.29 is 16.8 Å². The molecule has 0 saturated heterocycles. The summed E-state index contributed by atoms with van der Waals surface area (Å²) in [5.74, 6) is 0.453. The number of amidine groups is 1. The Morgan fingerprint density at radius 1 is 0.844 bits per heavy atom. The summed E-state index contributed by atoms with van der Waals surface area (Å²) < 4.78 is 57.1. The van der Waals surface area contributed by atoms with Gasteiger partial charge in [-0.1, -0.05) is 12.5 Å². The fraction of sp³-hybridized carbons (Fsp3) is 0.263. The first-order valence-electron chi connectivity index (χ1n) is 9.86. The first-order chi connectivity index (χ1) is 15.3. The first kappa shape index (κ1) is 21.9. The van der Waals surface area contributed by atoms with Gasteiger partial charge in [-0.15, -0.1) is 5.10 Å². The fourth-order valence-electron chi connectivity index (χ4n) is 3.16. The van der Waals surface area contributed by atoms with Gasteiger partial charge in [0.05, 0.1) is 15.5 Å². The summed E-state index contributed by atoms with van der Waals surface area (Å²) in [6, 6.07) is 11.6. The van der Waals surface area contributed by atoms with Crippen LogP contribution in [0.5, 0.6) is 0 Å². The third-order valence-corrected chi connectivity index (χ3v) is 7.56. The van der Waals surface area contributed by atoms with Crippen LogP contribution in [-0.4, -0.2) is 49.4 Å². The van der Waals surface area contributed by atoms with E-state index in [1.807, 2.05) is 0 Å². The summed E-state index contributed by atoms with van der Waals surface area (Å²) in [5.41, 5.74) is 0.704. The molecule has 0 aliphatic carbocycles. The highest BCUT2D eigenvalue weighted by atomic mass is 32.2. The molecule has 1 aliphatic heterocycles. The standard InChI is InChI=1S/C19H21N7O4S2/c27-31(28,23-19-7-2-1-3-12-20-19)17-10-8-15(9-11-17)22-32(29,30)18-6-4-5-16(13-18)26-14-21-24-25-26/h4-6,8-11,13-14,22H,1-3,7,12H2,(H,20,23). The highest BCUT2D eigenvalue weighted by Crippen LogP contribution is 2.20. The Morgan fingerprint density at radius 2 is 1.62 bits per heavy atom. The van der Waals surface area contributed by atoms with Crippen LogP contribution in [0.2, 0.25) is 0 Å². The number of nitrogens with one attached hydrogen (secondary N) is 2. The van der Waals surface area contributed by atoms with Crippen LogP contribution in [0.4, 0.5) is 5.69 Å². The molecule has 1 aliphatic rings. The van der Waals surface area contributed by atoms with Crippen LogP contribution in [-0.2, 0) is 20.0 Å². The average molecular weight is 476 g/mol. The topological polar surface area (TPSA) is 148 Å². The summed E-state index contributed by atoms with van der Waals surface area (Å²) in [4.78, 5) is 4.31. The molecule has 4 rings (SSSR count). The molecule has 13 heteroatoms. The van der Waals surface area contributed by atoms with Gasteiger partial charge >= 0.3 is 0 Å². The highest BCUT2D eigenvalue weighted by molar-refractivity contribution is 7.92. The second kappa shape index (κ2) is 9.04. The number of hydrogen-bond donors (Lipinski definition) is 2. The van der Waals surface area contributed by atoms with Gasteiger partial charge in [-0.2, -0.15) is 0 Å². The van der Waals surface area contributed by atoms with E-state index >= 15 is 0 Å².